The number of benzene rings is 1. The monoisotopic (exact) mass is 335 g/mol. The Morgan fingerprint density at radius 2 is 1.95 bits per heavy atom. The molecular formula is C16H22BrN3. The molecule has 0 unspecified atom stereocenters. The number of halogens is 1. The van der Waals surface area contributed by atoms with Crippen molar-refractivity contribution in [1.29, 1.82) is 0 Å². The summed E-state index contributed by atoms with van der Waals surface area (Å²) in [5.74, 6) is 0. The zero-order valence-electron chi connectivity index (χ0n) is 12.2. The number of aryl methyl sites for hydroxylation is 2. The summed E-state index contributed by atoms with van der Waals surface area (Å²) in [4.78, 5) is 2.45. The van der Waals surface area contributed by atoms with Gasteiger partial charge in [-0.2, -0.15) is 5.10 Å². The molecule has 0 saturated heterocycles. The minimum atomic E-state index is 0.927. The number of hydrogen-bond donors (Lipinski definition) is 0. The van der Waals surface area contributed by atoms with E-state index in [1.807, 2.05) is 0 Å². The Bertz CT molecular complexity index is 522. The van der Waals surface area contributed by atoms with Gasteiger partial charge in [0.25, 0.3) is 0 Å². The number of hydrogen-bond acceptors (Lipinski definition) is 2. The zero-order chi connectivity index (χ0) is 14.4. The van der Waals surface area contributed by atoms with Crippen LogP contribution < -0.4 is 0 Å². The normalized spacial score (nSPS) is 11.2. The summed E-state index contributed by atoms with van der Waals surface area (Å²) < 4.78 is 2.10. The third-order valence-corrected chi connectivity index (χ3v) is 3.68. The molecule has 0 amide bonds. The van der Waals surface area contributed by atoms with Gasteiger partial charge >= 0.3 is 0 Å². The van der Waals surface area contributed by atoms with E-state index in [0.717, 1.165) is 37.2 Å². The van der Waals surface area contributed by atoms with E-state index in [4.69, 9.17) is 0 Å². The Morgan fingerprint density at radius 1 is 1.20 bits per heavy atom. The van der Waals surface area contributed by atoms with Crippen LogP contribution in [0.1, 0.15) is 23.9 Å². The van der Waals surface area contributed by atoms with Gasteiger partial charge in [-0.05, 0) is 25.5 Å². The molecule has 1 heterocycles. The average Bonchev–Trinajstić information content (AvgIpc) is 2.80. The third kappa shape index (κ3) is 4.18. The molecule has 0 aliphatic heterocycles. The van der Waals surface area contributed by atoms with Gasteiger partial charge in [0.1, 0.15) is 0 Å². The summed E-state index contributed by atoms with van der Waals surface area (Å²) in [5.41, 5.74) is 3.75. The predicted octanol–water partition coefficient (Wildman–Crippen LogP) is 3.61. The van der Waals surface area contributed by atoms with Crippen molar-refractivity contribution < 1.29 is 0 Å². The van der Waals surface area contributed by atoms with Crippen LogP contribution in [0, 0.1) is 6.92 Å². The molecule has 0 aliphatic rings. The summed E-state index contributed by atoms with van der Waals surface area (Å²) in [5, 5.41) is 5.51. The molecular weight excluding hydrogens is 314 g/mol. The van der Waals surface area contributed by atoms with E-state index >= 15 is 0 Å². The Kier molecular flexibility index (Phi) is 5.80. The molecule has 4 heteroatoms. The third-order valence-electron chi connectivity index (χ3n) is 3.32. The fourth-order valence-corrected chi connectivity index (χ4v) is 2.91. The van der Waals surface area contributed by atoms with Crippen LogP contribution in [0.5, 0.6) is 0 Å². The lowest BCUT2D eigenvalue weighted by atomic mass is 10.2. The number of aromatic nitrogens is 2. The highest BCUT2D eigenvalue weighted by Gasteiger charge is 2.10. The molecule has 1 aromatic heterocycles. The maximum absolute atomic E-state index is 4.53. The van der Waals surface area contributed by atoms with Gasteiger partial charge in [-0.25, -0.2) is 0 Å². The van der Waals surface area contributed by atoms with Crippen LogP contribution in [0.15, 0.2) is 36.4 Å². The Balaban J connectivity index is 2.08. The van der Waals surface area contributed by atoms with Crippen LogP contribution in [0.2, 0.25) is 0 Å². The second-order valence-corrected chi connectivity index (χ2v) is 5.77. The van der Waals surface area contributed by atoms with Crippen molar-refractivity contribution in [3.05, 3.63) is 53.3 Å². The van der Waals surface area contributed by atoms with Gasteiger partial charge in [0.2, 0.25) is 0 Å². The van der Waals surface area contributed by atoms with Crippen molar-refractivity contribution in [2.75, 3.05) is 11.9 Å². The molecule has 20 heavy (non-hydrogen) atoms. The highest BCUT2D eigenvalue weighted by Crippen LogP contribution is 2.12. The van der Waals surface area contributed by atoms with Crippen molar-refractivity contribution in [3.8, 4) is 0 Å². The van der Waals surface area contributed by atoms with E-state index in [2.05, 4.69) is 80.9 Å². The molecule has 2 rings (SSSR count). The standard InChI is InChI=1S/C16H22BrN3/c1-3-20-16(11-14(2)18-20)13-19(10-9-17)12-15-7-5-4-6-8-15/h4-8,11H,3,9-10,12-13H2,1-2H3. The van der Waals surface area contributed by atoms with Crippen LogP contribution >= 0.6 is 15.9 Å². The number of rotatable bonds is 7. The van der Waals surface area contributed by atoms with Gasteiger partial charge in [-0.15, -0.1) is 0 Å². The fourth-order valence-electron chi connectivity index (χ4n) is 2.40. The Morgan fingerprint density at radius 3 is 2.60 bits per heavy atom. The molecule has 2 aromatic rings. The minimum absolute atomic E-state index is 0.927. The van der Waals surface area contributed by atoms with Gasteiger partial charge in [0, 0.05) is 31.5 Å². The highest BCUT2D eigenvalue weighted by molar-refractivity contribution is 9.09. The molecule has 0 atom stereocenters. The molecule has 0 bridgehead atoms. The van der Waals surface area contributed by atoms with Crippen LogP contribution in [-0.2, 0) is 19.6 Å². The molecule has 0 radical (unpaired) electrons. The lowest BCUT2D eigenvalue weighted by Crippen LogP contribution is -2.26. The zero-order valence-corrected chi connectivity index (χ0v) is 13.8. The van der Waals surface area contributed by atoms with Gasteiger partial charge in [0.05, 0.1) is 11.4 Å². The largest absolute Gasteiger partial charge is 0.292 e. The first-order valence-corrected chi connectivity index (χ1v) is 8.20. The van der Waals surface area contributed by atoms with Crippen LogP contribution in [-0.4, -0.2) is 26.6 Å². The predicted molar refractivity (Wildman–Crippen MR) is 87.0 cm³/mol. The summed E-state index contributed by atoms with van der Waals surface area (Å²) in [6.07, 6.45) is 0. The summed E-state index contributed by atoms with van der Waals surface area (Å²) in [6, 6.07) is 12.8. The van der Waals surface area contributed by atoms with Gasteiger partial charge in [-0.3, -0.25) is 9.58 Å². The molecule has 0 spiro atoms. The molecule has 0 aliphatic carbocycles. The quantitative estimate of drug-likeness (QED) is 0.720. The topological polar surface area (TPSA) is 21.1 Å². The maximum Gasteiger partial charge on any atom is 0.0597 e. The van der Waals surface area contributed by atoms with Crippen molar-refractivity contribution >= 4 is 15.9 Å². The van der Waals surface area contributed by atoms with E-state index < -0.39 is 0 Å². The minimum Gasteiger partial charge on any atom is -0.292 e. The SMILES string of the molecule is CCn1nc(C)cc1CN(CCBr)Cc1ccccc1. The summed E-state index contributed by atoms with van der Waals surface area (Å²) in [7, 11) is 0. The van der Waals surface area contributed by atoms with Crippen LogP contribution in [0.3, 0.4) is 0 Å². The highest BCUT2D eigenvalue weighted by atomic mass is 79.9. The van der Waals surface area contributed by atoms with E-state index in [1.165, 1.54) is 11.3 Å². The average molecular weight is 336 g/mol. The summed E-state index contributed by atoms with van der Waals surface area (Å²) in [6.45, 7) is 8.07. The molecule has 0 N–H and O–H groups in total. The second kappa shape index (κ2) is 7.60. The number of nitrogens with zero attached hydrogens (tertiary/aromatic N) is 3. The van der Waals surface area contributed by atoms with Crippen molar-refractivity contribution in [2.24, 2.45) is 0 Å². The van der Waals surface area contributed by atoms with Gasteiger partial charge in [-0.1, -0.05) is 46.3 Å². The van der Waals surface area contributed by atoms with E-state index in [-0.39, 0.29) is 0 Å². The Hall–Kier alpha value is -1.13. The van der Waals surface area contributed by atoms with Crippen LogP contribution in [0.4, 0.5) is 0 Å². The maximum atomic E-state index is 4.53. The van der Waals surface area contributed by atoms with Crippen molar-refractivity contribution in [3.63, 3.8) is 0 Å². The molecule has 3 nitrogen and oxygen atoms in total. The van der Waals surface area contributed by atoms with Crippen LogP contribution in [0.25, 0.3) is 0 Å². The second-order valence-electron chi connectivity index (χ2n) is 4.98. The van der Waals surface area contributed by atoms with Gasteiger partial charge in [0.15, 0.2) is 0 Å². The lowest BCUT2D eigenvalue weighted by molar-refractivity contribution is 0.265. The first kappa shape index (κ1) is 15.3. The van der Waals surface area contributed by atoms with E-state index in [0.29, 0.717) is 0 Å². The molecule has 108 valence electrons. The first-order chi connectivity index (χ1) is 9.72. The van der Waals surface area contributed by atoms with Crippen molar-refractivity contribution in [2.45, 2.75) is 33.5 Å². The van der Waals surface area contributed by atoms with Crippen molar-refractivity contribution in [1.82, 2.24) is 14.7 Å². The Labute approximate surface area is 129 Å². The number of alkyl halides is 1. The smallest absolute Gasteiger partial charge is 0.0597 e. The molecule has 0 fully saturated rings. The van der Waals surface area contributed by atoms with Gasteiger partial charge < -0.3 is 0 Å². The van der Waals surface area contributed by atoms with E-state index in [1.54, 1.807) is 0 Å². The van der Waals surface area contributed by atoms with E-state index in [9.17, 15) is 0 Å². The molecule has 1 aromatic carbocycles. The lowest BCUT2D eigenvalue weighted by Gasteiger charge is -2.21. The first-order valence-electron chi connectivity index (χ1n) is 7.08. The fraction of sp³-hybridized carbons (Fsp3) is 0.438. The molecule has 0 saturated carbocycles. The summed E-state index contributed by atoms with van der Waals surface area (Å²) >= 11 is 3.55.